The van der Waals surface area contributed by atoms with Crippen LogP contribution in [0.15, 0.2) is 24.3 Å². The van der Waals surface area contributed by atoms with Crippen LogP contribution in [0.2, 0.25) is 0 Å². The van der Waals surface area contributed by atoms with E-state index < -0.39 is 5.97 Å². The van der Waals surface area contributed by atoms with Crippen molar-refractivity contribution in [1.29, 1.82) is 0 Å². The highest BCUT2D eigenvalue weighted by Crippen LogP contribution is 2.26. The van der Waals surface area contributed by atoms with Crippen molar-refractivity contribution in [3.8, 4) is 11.3 Å². The number of ether oxygens (including phenoxy) is 1. The summed E-state index contributed by atoms with van der Waals surface area (Å²) in [4.78, 5) is 11.3. The molecule has 0 aliphatic carbocycles. The lowest BCUT2D eigenvalue weighted by Crippen LogP contribution is -2.12. The molecule has 2 rings (SSSR count). The molecule has 21 heavy (non-hydrogen) atoms. The van der Waals surface area contributed by atoms with Gasteiger partial charge in [-0.3, -0.25) is 0 Å². The molecule has 1 heterocycles. The van der Waals surface area contributed by atoms with Gasteiger partial charge in [-0.2, -0.15) is 0 Å². The normalized spacial score (nSPS) is 12.3. The second-order valence-corrected chi connectivity index (χ2v) is 4.67. The second-order valence-electron chi connectivity index (χ2n) is 4.67. The number of carboxylic acid groups (broad SMARTS) is 1. The third kappa shape index (κ3) is 3.25. The van der Waals surface area contributed by atoms with E-state index in [0.29, 0.717) is 24.3 Å². The molecule has 0 aliphatic rings. The molecule has 2 aromatic rings. The van der Waals surface area contributed by atoms with E-state index in [0.717, 1.165) is 0 Å². The van der Waals surface area contributed by atoms with E-state index >= 15 is 0 Å². The highest BCUT2D eigenvalue weighted by atomic mass is 19.1. The Bertz CT molecular complexity index is 625. The molecule has 0 amide bonds. The first kappa shape index (κ1) is 15.1. The number of halogens is 1. The number of methoxy groups -OCH3 is 1. The van der Waals surface area contributed by atoms with Crippen molar-refractivity contribution >= 4 is 5.97 Å². The van der Waals surface area contributed by atoms with Gasteiger partial charge in [-0.15, -0.1) is 5.10 Å². The molecule has 0 saturated carbocycles. The van der Waals surface area contributed by atoms with Crippen molar-refractivity contribution in [2.75, 3.05) is 13.7 Å². The molecule has 1 aromatic heterocycles. The van der Waals surface area contributed by atoms with Crippen LogP contribution in [0.3, 0.4) is 0 Å². The van der Waals surface area contributed by atoms with E-state index in [1.54, 1.807) is 7.11 Å². The lowest BCUT2D eigenvalue weighted by molar-refractivity contribution is 0.0691. The lowest BCUT2D eigenvalue weighted by Gasteiger charge is -2.14. The smallest absolute Gasteiger partial charge is 0.358 e. The quantitative estimate of drug-likeness (QED) is 0.884. The van der Waals surface area contributed by atoms with Gasteiger partial charge in [0.2, 0.25) is 0 Å². The van der Waals surface area contributed by atoms with Crippen molar-refractivity contribution in [1.82, 2.24) is 15.0 Å². The first-order valence-electron chi connectivity index (χ1n) is 6.48. The fourth-order valence-electron chi connectivity index (χ4n) is 2.03. The van der Waals surface area contributed by atoms with Crippen LogP contribution in [0.25, 0.3) is 11.3 Å². The highest BCUT2D eigenvalue weighted by molar-refractivity contribution is 5.92. The third-order valence-electron chi connectivity index (χ3n) is 3.17. The number of carbonyl (C=O) groups is 1. The molecule has 112 valence electrons. The van der Waals surface area contributed by atoms with Crippen molar-refractivity contribution in [2.45, 2.75) is 19.4 Å². The Balaban J connectivity index is 2.47. The number of benzene rings is 1. The number of hydrogen-bond donors (Lipinski definition) is 1. The highest BCUT2D eigenvalue weighted by Gasteiger charge is 2.23. The van der Waals surface area contributed by atoms with Gasteiger partial charge < -0.3 is 9.84 Å². The zero-order chi connectivity index (χ0) is 15.4. The van der Waals surface area contributed by atoms with Crippen LogP contribution in [0.4, 0.5) is 4.39 Å². The number of rotatable bonds is 6. The van der Waals surface area contributed by atoms with Crippen LogP contribution >= 0.6 is 0 Å². The molecular weight excluding hydrogens is 277 g/mol. The molecule has 0 bridgehead atoms. The maximum Gasteiger partial charge on any atom is 0.358 e. The van der Waals surface area contributed by atoms with E-state index in [1.807, 2.05) is 6.92 Å². The molecule has 1 aromatic carbocycles. The summed E-state index contributed by atoms with van der Waals surface area (Å²) >= 11 is 0. The van der Waals surface area contributed by atoms with Gasteiger partial charge in [0.1, 0.15) is 11.5 Å². The van der Waals surface area contributed by atoms with Crippen LogP contribution in [0, 0.1) is 5.82 Å². The fourth-order valence-corrected chi connectivity index (χ4v) is 2.03. The van der Waals surface area contributed by atoms with Gasteiger partial charge in [0.15, 0.2) is 5.69 Å². The molecule has 0 radical (unpaired) electrons. The maximum absolute atomic E-state index is 13.0. The second kappa shape index (κ2) is 6.45. The molecule has 1 atom stereocenters. The topological polar surface area (TPSA) is 77.2 Å². The summed E-state index contributed by atoms with van der Waals surface area (Å²) in [6.07, 6.45) is 0.660. The first-order chi connectivity index (χ1) is 10.0. The Morgan fingerprint density at radius 1 is 1.43 bits per heavy atom. The zero-order valence-corrected chi connectivity index (χ0v) is 11.8. The summed E-state index contributed by atoms with van der Waals surface area (Å²) in [5, 5.41) is 16.9. The maximum atomic E-state index is 13.0. The fraction of sp³-hybridized carbons (Fsp3) is 0.357. The Morgan fingerprint density at radius 2 is 2.10 bits per heavy atom. The summed E-state index contributed by atoms with van der Waals surface area (Å²) < 4.78 is 19.6. The SMILES string of the molecule is COCCC(C)n1nnc(C(=O)O)c1-c1ccc(F)cc1. The lowest BCUT2D eigenvalue weighted by atomic mass is 10.1. The summed E-state index contributed by atoms with van der Waals surface area (Å²) in [7, 11) is 1.59. The third-order valence-corrected chi connectivity index (χ3v) is 3.17. The monoisotopic (exact) mass is 293 g/mol. The molecule has 6 nitrogen and oxygen atoms in total. The van der Waals surface area contributed by atoms with Gasteiger partial charge in [0.25, 0.3) is 0 Å². The van der Waals surface area contributed by atoms with Crippen LogP contribution < -0.4 is 0 Å². The number of carboxylic acids is 1. The summed E-state index contributed by atoms with van der Waals surface area (Å²) in [6, 6.07) is 5.49. The van der Waals surface area contributed by atoms with Crippen molar-refractivity contribution in [3.05, 3.63) is 35.8 Å². The van der Waals surface area contributed by atoms with E-state index in [2.05, 4.69) is 10.3 Å². The van der Waals surface area contributed by atoms with Gasteiger partial charge >= 0.3 is 5.97 Å². The number of aromatic nitrogens is 3. The van der Waals surface area contributed by atoms with Crippen LogP contribution in [-0.4, -0.2) is 39.8 Å². The number of aromatic carboxylic acids is 1. The molecule has 1 unspecified atom stereocenters. The summed E-state index contributed by atoms with van der Waals surface area (Å²) in [5.74, 6) is -1.55. The van der Waals surface area contributed by atoms with E-state index in [1.165, 1.54) is 28.9 Å². The van der Waals surface area contributed by atoms with Gasteiger partial charge in [0.05, 0.1) is 6.04 Å². The molecular formula is C14H16FN3O3. The minimum atomic E-state index is -1.17. The Hall–Kier alpha value is -2.28. The number of hydrogen-bond acceptors (Lipinski definition) is 4. The van der Waals surface area contributed by atoms with Crippen LogP contribution in [0.5, 0.6) is 0 Å². The van der Waals surface area contributed by atoms with Gasteiger partial charge in [0, 0.05) is 19.3 Å². The first-order valence-corrected chi connectivity index (χ1v) is 6.48. The van der Waals surface area contributed by atoms with Gasteiger partial charge in [-0.1, -0.05) is 5.21 Å². The summed E-state index contributed by atoms with van der Waals surface area (Å²) in [5.41, 5.74) is 0.778. The van der Waals surface area contributed by atoms with Crippen LogP contribution in [-0.2, 0) is 4.74 Å². The Morgan fingerprint density at radius 3 is 2.67 bits per heavy atom. The van der Waals surface area contributed by atoms with E-state index in [4.69, 9.17) is 4.74 Å². The minimum absolute atomic E-state index is 0.0920. The van der Waals surface area contributed by atoms with Gasteiger partial charge in [-0.25, -0.2) is 13.9 Å². The predicted octanol–water partition coefficient (Wildman–Crippen LogP) is 2.38. The average molecular weight is 293 g/mol. The standard InChI is InChI=1S/C14H16FN3O3/c1-9(7-8-21-2)18-13(12(14(19)20)16-17-18)10-3-5-11(15)6-4-10/h3-6,9H,7-8H2,1-2H3,(H,19,20). The van der Waals surface area contributed by atoms with Crippen LogP contribution in [0.1, 0.15) is 29.9 Å². The largest absolute Gasteiger partial charge is 0.476 e. The molecule has 7 heteroatoms. The Labute approximate surface area is 121 Å². The molecule has 0 aliphatic heterocycles. The minimum Gasteiger partial charge on any atom is -0.476 e. The van der Waals surface area contributed by atoms with E-state index in [9.17, 15) is 14.3 Å². The van der Waals surface area contributed by atoms with Crippen molar-refractivity contribution in [2.24, 2.45) is 0 Å². The number of nitrogens with zero attached hydrogens (tertiary/aromatic N) is 3. The predicted molar refractivity (Wildman–Crippen MR) is 73.6 cm³/mol. The average Bonchev–Trinajstić information content (AvgIpc) is 2.90. The van der Waals surface area contributed by atoms with E-state index in [-0.39, 0.29) is 17.6 Å². The summed E-state index contributed by atoms with van der Waals surface area (Å²) in [6.45, 7) is 2.42. The zero-order valence-electron chi connectivity index (χ0n) is 11.8. The van der Waals surface area contributed by atoms with Crippen molar-refractivity contribution in [3.63, 3.8) is 0 Å². The van der Waals surface area contributed by atoms with Gasteiger partial charge in [-0.05, 0) is 37.6 Å². The molecule has 0 spiro atoms. The molecule has 1 N–H and O–H groups in total. The molecule has 0 fully saturated rings. The Kier molecular flexibility index (Phi) is 4.64. The molecule has 0 saturated heterocycles. The van der Waals surface area contributed by atoms with Crippen molar-refractivity contribution < 1.29 is 19.0 Å².